The van der Waals surface area contributed by atoms with Crippen LogP contribution >= 0.6 is 34.8 Å². The van der Waals surface area contributed by atoms with E-state index in [1.165, 1.54) is 0 Å². The molecule has 0 aliphatic rings. The fraction of sp³-hybridized carbons (Fsp3) is 0.0909. The average molecular weight is 305 g/mol. The second-order valence-electron chi connectivity index (χ2n) is 3.32. The highest BCUT2D eigenvalue weighted by atomic mass is 35.5. The van der Waals surface area contributed by atoms with Crippen molar-refractivity contribution in [1.29, 1.82) is 0 Å². The lowest BCUT2D eigenvalue weighted by Crippen LogP contribution is -1.94. The quantitative estimate of drug-likeness (QED) is 0.920. The molecule has 4 nitrogen and oxygen atoms in total. The summed E-state index contributed by atoms with van der Waals surface area (Å²) < 4.78 is 5.47. The number of halogens is 3. The van der Waals surface area contributed by atoms with Gasteiger partial charge in [-0.15, -0.1) is 10.2 Å². The first-order valence-electron chi connectivity index (χ1n) is 4.94. The van der Waals surface area contributed by atoms with E-state index in [1.807, 2.05) is 0 Å². The number of hydrogen-bond donors (Lipinski definition) is 1. The van der Waals surface area contributed by atoms with Gasteiger partial charge in [0.15, 0.2) is 10.9 Å². The predicted molar refractivity (Wildman–Crippen MR) is 73.1 cm³/mol. The number of nitrogens with one attached hydrogen (secondary N) is 1. The summed E-state index contributed by atoms with van der Waals surface area (Å²) in [5.41, 5.74) is 0.791. The summed E-state index contributed by atoms with van der Waals surface area (Å²) in [7, 11) is 1.77. The Morgan fingerprint density at radius 3 is 2.22 bits per heavy atom. The molecule has 0 aliphatic carbocycles. The van der Waals surface area contributed by atoms with Gasteiger partial charge in [-0.3, -0.25) is 0 Å². The minimum absolute atomic E-state index is 0.264. The molecule has 0 unspecified atom stereocenters. The average Bonchev–Trinajstić information content (AvgIpc) is 2.35. The molecule has 0 amide bonds. The van der Waals surface area contributed by atoms with E-state index in [2.05, 4.69) is 15.5 Å². The lowest BCUT2D eigenvalue weighted by atomic mass is 10.3. The van der Waals surface area contributed by atoms with Crippen LogP contribution in [0.5, 0.6) is 11.6 Å². The summed E-state index contributed by atoms with van der Waals surface area (Å²) in [6.07, 6.45) is 0. The number of ether oxygens (including phenoxy) is 1. The largest absolute Gasteiger partial charge is 0.434 e. The fourth-order valence-electron chi connectivity index (χ4n) is 1.26. The van der Waals surface area contributed by atoms with Crippen molar-refractivity contribution >= 4 is 40.5 Å². The Kier molecular flexibility index (Phi) is 4.11. The summed E-state index contributed by atoms with van der Waals surface area (Å²) >= 11 is 17.8. The van der Waals surface area contributed by atoms with Crippen molar-refractivity contribution in [3.63, 3.8) is 0 Å². The Balaban J connectivity index is 2.31. The van der Waals surface area contributed by atoms with E-state index in [0.717, 1.165) is 5.69 Å². The SMILES string of the molecule is CNc1cc(Cl)c(Oc2ccc(Cl)nn2)c(Cl)c1. The Hall–Kier alpha value is -1.23. The van der Waals surface area contributed by atoms with Crippen LogP contribution in [0.4, 0.5) is 5.69 Å². The number of benzene rings is 1. The van der Waals surface area contributed by atoms with Gasteiger partial charge < -0.3 is 10.1 Å². The second kappa shape index (κ2) is 5.61. The summed E-state index contributed by atoms with van der Waals surface area (Å²) in [6.45, 7) is 0. The first-order valence-corrected chi connectivity index (χ1v) is 6.07. The van der Waals surface area contributed by atoms with E-state index in [-0.39, 0.29) is 11.0 Å². The highest BCUT2D eigenvalue weighted by Crippen LogP contribution is 2.38. The van der Waals surface area contributed by atoms with Crippen LogP contribution in [-0.4, -0.2) is 17.2 Å². The van der Waals surface area contributed by atoms with Gasteiger partial charge in [-0.1, -0.05) is 34.8 Å². The van der Waals surface area contributed by atoms with Gasteiger partial charge >= 0.3 is 0 Å². The van der Waals surface area contributed by atoms with Gasteiger partial charge in [-0.25, -0.2) is 0 Å². The molecule has 1 aromatic heterocycles. The van der Waals surface area contributed by atoms with Gasteiger partial charge in [0.2, 0.25) is 5.88 Å². The van der Waals surface area contributed by atoms with Crippen LogP contribution in [0, 0.1) is 0 Å². The molecular weight excluding hydrogens is 296 g/mol. The molecular formula is C11H8Cl3N3O. The molecule has 0 atom stereocenters. The number of hydrogen-bond acceptors (Lipinski definition) is 4. The van der Waals surface area contributed by atoms with Crippen molar-refractivity contribution < 1.29 is 4.74 Å². The molecule has 0 saturated carbocycles. The van der Waals surface area contributed by atoms with Crippen LogP contribution in [0.1, 0.15) is 0 Å². The molecule has 0 bridgehead atoms. The van der Waals surface area contributed by atoms with Gasteiger partial charge in [0, 0.05) is 18.8 Å². The van der Waals surface area contributed by atoms with Crippen molar-refractivity contribution in [2.45, 2.75) is 0 Å². The monoisotopic (exact) mass is 303 g/mol. The Bertz CT molecular complexity index is 537. The zero-order valence-corrected chi connectivity index (χ0v) is 11.5. The van der Waals surface area contributed by atoms with Crippen LogP contribution < -0.4 is 10.1 Å². The lowest BCUT2D eigenvalue weighted by molar-refractivity contribution is 0.456. The number of rotatable bonds is 3. The summed E-state index contributed by atoms with van der Waals surface area (Å²) in [6, 6.07) is 6.54. The van der Waals surface area contributed by atoms with Crippen molar-refractivity contribution in [2.75, 3.05) is 12.4 Å². The molecule has 0 saturated heterocycles. The van der Waals surface area contributed by atoms with Crippen LogP contribution in [0.25, 0.3) is 0 Å². The van der Waals surface area contributed by atoms with E-state index in [9.17, 15) is 0 Å². The molecule has 1 N–H and O–H groups in total. The third kappa shape index (κ3) is 2.96. The van der Waals surface area contributed by atoms with Gasteiger partial charge in [-0.2, -0.15) is 0 Å². The van der Waals surface area contributed by atoms with Gasteiger partial charge in [0.25, 0.3) is 0 Å². The Morgan fingerprint density at radius 1 is 1.06 bits per heavy atom. The molecule has 1 aromatic carbocycles. The van der Waals surface area contributed by atoms with E-state index in [4.69, 9.17) is 39.5 Å². The van der Waals surface area contributed by atoms with Gasteiger partial charge in [0.1, 0.15) is 0 Å². The first kappa shape index (κ1) is 13.2. The summed E-state index contributed by atoms with van der Waals surface area (Å²) in [5, 5.41) is 11.4. The third-order valence-electron chi connectivity index (χ3n) is 2.10. The predicted octanol–water partition coefficient (Wildman–Crippen LogP) is 4.27. The van der Waals surface area contributed by atoms with Gasteiger partial charge in [-0.05, 0) is 18.2 Å². The summed E-state index contributed by atoms with van der Waals surface area (Å²) in [5.74, 6) is 0.592. The maximum absolute atomic E-state index is 6.07. The van der Waals surface area contributed by atoms with Crippen molar-refractivity contribution in [3.05, 3.63) is 39.5 Å². The van der Waals surface area contributed by atoms with Crippen molar-refractivity contribution in [3.8, 4) is 11.6 Å². The lowest BCUT2D eigenvalue weighted by Gasteiger charge is -2.10. The van der Waals surface area contributed by atoms with Crippen LogP contribution in [0.3, 0.4) is 0 Å². The molecule has 0 aliphatic heterocycles. The van der Waals surface area contributed by atoms with E-state index < -0.39 is 0 Å². The van der Waals surface area contributed by atoms with Gasteiger partial charge in [0.05, 0.1) is 10.0 Å². The molecule has 18 heavy (non-hydrogen) atoms. The standard InChI is InChI=1S/C11H8Cl3N3O/c1-15-6-4-7(12)11(8(13)5-6)18-10-3-2-9(14)16-17-10/h2-5,15H,1H3. The van der Waals surface area contributed by atoms with Crippen LogP contribution in [0.15, 0.2) is 24.3 Å². The molecule has 0 radical (unpaired) electrons. The Morgan fingerprint density at radius 2 is 1.72 bits per heavy atom. The zero-order valence-electron chi connectivity index (χ0n) is 9.25. The highest BCUT2D eigenvalue weighted by Gasteiger charge is 2.11. The minimum atomic E-state index is 0.264. The molecule has 0 fully saturated rings. The van der Waals surface area contributed by atoms with Crippen LogP contribution in [-0.2, 0) is 0 Å². The van der Waals surface area contributed by atoms with E-state index in [1.54, 1.807) is 31.3 Å². The minimum Gasteiger partial charge on any atom is -0.434 e. The molecule has 0 spiro atoms. The van der Waals surface area contributed by atoms with E-state index in [0.29, 0.717) is 15.8 Å². The third-order valence-corrected chi connectivity index (χ3v) is 2.86. The maximum Gasteiger partial charge on any atom is 0.239 e. The molecule has 94 valence electrons. The second-order valence-corrected chi connectivity index (χ2v) is 4.52. The summed E-state index contributed by atoms with van der Waals surface area (Å²) in [4.78, 5) is 0. The topological polar surface area (TPSA) is 47.0 Å². The molecule has 7 heteroatoms. The van der Waals surface area contributed by atoms with Crippen molar-refractivity contribution in [1.82, 2.24) is 10.2 Å². The molecule has 1 heterocycles. The highest BCUT2D eigenvalue weighted by molar-refractivity contribution is 6.37. The fourth-order valence-corrected chi connectivity index (χ4v) is 1.93. The molecule has 2 rings (SSSR count). The maximum atomic E-state index is 6.07. The number of aromatic nitrogens is 2. The smallest absolute Gasteiger partial charge is 0.239 e. The van der Waals surface area contributed by atoms with Crippen LogP contribution in [0.2, 0.25) is 15.2 Å². The van der Waals surface area contributed by atoms with Crippen molar-refractivity contribution in [2.24, 2.45) is 0 Å². The van der Waals surface area contributed by atoms with E-state index >= 15 is 0 Å². The normalized spacial score (nSPS) is 10.2. The number of nitrogens with zero attached hydrogens (tertiary/aromatic N) is 2. The number of anilines is 1. The first-order chi connectivity index (χ1) is 8.60. The zero-order chi connectivity index (χ0) is 13.1. The molecule has 2 aromatic rings. The Labute approximate surface area is 119 Å².